The summed E-state index contributed by atoms with van der Waals surface area (Å²) in [5.41, 5.74) is 18.6. The van der Waals surface area contributed by atoms with Crippen molar-refractivity contribution in [2.75, 3.05) is 71.4 Å². The fourth-order valence-corrected chi connectivity index (χ4v) is 13.9. The Hall–Kier alpha value is -14.6. The quantitative estimate of drug-likeness (QED) is 0.0108. The molecule has 5 atom stereocenters. The molecule has 0 saturated carbocycles. The van der Waals surface area contributed by atoms with Gasteiger partial charge in [0, 0.05) is 70.1 Å². The van der Waals surface area contributed by atoms with E-state index in [1.54, 1.807) is 129 Å². The minimum Gasteiger partial charge on any atom is -0.495 e. The third kappa shape index (κ3) is 25.3. The van der Waals surface area contributed by atoms with Gasteiger partial charge >= 0.3 is 46.1 Å². The number of pyridine rings is 6. The largest absolute Gasteiger partial charge is 0.534 e. The van der Waals surface area contributed by atoms with Gasteiger partial charge in [-0.15, -0.1) is 0 Å². The van der Waals surface area contributed by atoms with Crippen LogP contribution in [0.5, 0.6) is 17.4 Å². The molecule has 5 aliphatic rings. The summed E-state index contributed by atoms with van der Waals surface area (Å²) in [6, 6.07) is 42.9. The van der Waals surface area contributed by atoms with Crippen molar-refractivity contribution >= 4 is 69.0 Å². The number of hydrogen-bond acceptors (Lipinski definition) is 24. The van der Waals surface area contributed by atoms with Crippen LogP contribution in [-0.4, -0.2) is 157 Å². The number of rotatable bonds is 24. The molecule has 40 heteroatoms. The van der Waals surface area contributed by atoms with Gasteiger partial charge in [0.2, 0.25) is 5.88 Å². The zero-order valence-corrected chi connectivity index (χ0v) is 74.0. The maximum atomic E-state index is 14.5. The van der Waals surface area contributed by atoms with Crippen molar-refractivity contribution < 1.29 is 110 Å². The lowest BCUT2D eigenvalue weighted by Gasteiger charge is -2.14. The number of halogens is 8. The lowest BCUT2D eigenvalue weighted by atomic mass is 10.1. The van der Waals surface area contributed by atoms with E-state index in [1.807, 2.05) is 59.7 Å². The Morgan fingerprint density at radius 2 is 0.692 bits per heavy atom. The van der Waals surface area contributed by atoms with E-state index in [2.05, 4.69) is 48.8 Å². The molecule has 16 rings (SSSR count). The first kappa shape index (κ1) is 99.0. The van der Waals surface area contributed by atoms with Crippen LogP contribution < -0.4 is 43.9 Å². The van der Waals surface area contributed by atoms with Gasteiger partial charge in [0.05, 0.1) is 129 Å². The Bertz CT molecular complexity index is 5550. The van der Waals surface area contributed by atoms with Gasteiger partial charge in [-0.1, -0.05) is 70.9 Å². The normalized spacial score (nSPS) is 16.6. The first-order chi connectivity index (χ1) is 63.8. The molecule has 698 valence electrons. The predicted molar refractivity (Wildman–Crippen MR) is 477 cm³/mol. The zero-order chi connectivity index (χ0) is 95.8. The number of cyclic esters (lactones) is 5. The molecule has 0 spiro atoms. The molecule has 3 N–H and O–H groups in total. The third-order valence-corrected chi connectivity index (χ3v) is 22.1. The molecule has 5 saturated heterocycles. The van der Waals surface area contributed by atoms with Crippen molar-refractivity contribution in [2.45, 2.75) is 136 Å². The number of benzene rings is 5. The van der Waals surface area contributed by atoms with Gasteiger partial charge in [0.15, 0.2) is 0 Å². The second kappa shape index (κ2) is 45.8. The number of hydrogen-bond donors (Lipinski definition) is 2. The van der Waals surface area contributed by atoms with E-state index in [4.69, 9.17) is 44.8 Å². The van der Waals surface area contributed by atoms with Gasteiger partial charge in [0.25, 0.3) is 0 Å². The number of amides is 5. The van der Waals surface area contributed by atoms with Crippen LogP contribution in [0.25, 0.3) is 66.7 Å². The summed E-state index contributed by atoms with van der Waals surface area (Å²) in [4.78, 5) is 93.5. The molecule has 133 heavy (non-hydrogen) atoms. The van der Waals surface area contributed by atoms with Gasteiger partial charge in [-0.3, -0.25) is 49.4 Å². The maximum absolute atomic E-state index is 14.5. The van der Waals surface area contributed by atoms with Gasteiger partial charge in [-0.2, -0.15) is 21.6 Å². The first-order valence-electron chi connectivity index (χ1n) is 41.9. The van der Waals surface area contributed by atoms with Crippen LogP contribution in [-0.2, 0) is 59.9 Å². The van der Waals surface area contributed by atoms with E-state index < -0.39 is 81.1 Å². The van der Waals surface area contributed by atoms with Gasteiger partial charge in [0.1, 0.15) is 71.1 Å². The topological polar surface area (TPSA) is 382 Å². The number of carbonyl (C=O) groups is 5. The number of azide groups is 1. The highest BCUT2D eigenvalue weighted by molar-refractivity contribution is 7.88. The molecular weight excluding hydrogens is 1770 g/mol. The van der Waals surface area contributed by atoms with E-state index in [9.17, 15) is 67.5 Å². The minimum atomic E-state index is -5.67. The van der Waals surface area contributed by atoms with E-state index in [0.717, 1.165) is 67.5 Å². The van der Waals surface area contributed by atoms with E-state index in [0.29, 0.717) is 135 Å². The van der Waals surface area contributed by atoms with E-state index >= 15 is 0 Å². The number of nitrogens with two attached hydrogens (primary N) is 1. The number of carbonyl (C=O) groups excluding carboxylic acids is 5. The summed E-state index contributed by atoms with van der Waals surface area (Å²) in [5, 5.41) is 12.5. The van der Waals surface area contributed by atoms with Crippen LogP contribution in [0.4, 0.5) is 87.5 Å². The standard InChI is InChI=1S/C18H19FN2O2.C17H16FN5O2.C17H18FN3O2.2C17H17FN2O3.C7H6F3NO4S/c1-3-12-5-8-17(20-10-12)15-7-6-13(9-16(15)19)21-11-14(4-2)23-18(21)22;1-2-13-10-23(17(24)25-13)12-4-5-14(15(18)7-12)16-6-3-11(8-20-16)9-21-22-19;1-2-13-10-21(17(22)23-13)12-4-5-14(15(18)7-12)16-6-3-11(8-19)9-20-16;1-3-12-10-20(17(21)23-12)11-4-6-14(15(18)8-11)16-7-5-13(22-2)9-19-16;1-2-13-9-20(17(22)23-13)12-4-5-14(15(18)7-12)16-6-3-11(10-21)8-19-16;1-14-5-2-3-6(11-4-5)15-16(12,13)7(8,9)10/h5-10,14H,3-4,11H2,1-2H3;3-8,13H,2,9-10H2,1H3;3-7,9,13H,2,8,10,19H2,1H3;4-9,12H,3,10H2,1-2H3;3-8,13,21H,2,9-10H2,1H3;2-4H,1H3/t14-;2*13-;12-;13-;/m00000./s1. The molecule has 0 radical (unpaired) electrons. The molecule has 31 nitrogen and oxygen atoms in total. The SMILES string of the molecule is CC[C@H]1CN(c2ccc(-c3ccc(CN)cn3)c(F)c2)C(=O)O1.CC[C@H]1CN(c2ccc(-c3ccc(CN=[N+]=[N-])cn3)c(F)c2)C(=O)O1.CC[C@H]1CN(c2ccc(-c3ccc(CO)cn3)c(F)c2)C(=O)O1.CC[C@H]1CN(c2ccc(-c3ccc(OC)cn3)c(F)c2)C(=O)O1.CCc1ccc(-c2ccc(N3C[C@H](CC)OC3=O)cc2F)nc1.COc1ccc(OS(=O)(=O)C(F)(F)F)nc1. The van der Waals surface area contributed by atoms with Crippen molar-refractivity contribution in [1.82, 2.24) is 29.9 Å². The monoisotopic (exact) mass is 1860 g/mol. The van der Waals surface area contributed by atoms with Crippen molar-refractivity contribution in [1.29, 1.82) is 0 Å². The van der Waals surface area contributed by atoms with Crippen molar-refractivity contribution in [3.63, 3.8) is 0 Å². The van der Waals surface area contributed by atoms with E-state index in [1.165, 1.54) is 80.4 Å². The number of alkyl halides is 3. The molecule has 5 aliphatic heterocycles. The smallest absolute Gasteiger partial charge is 0.495 e. The summed E-state index contributed by atoms with van der Waals surface area (Å²) in [5.74, 6) is -2.01. The lowest BCUT2D eigenvalue weighted by Crippen LogP contribution is -2.28. The number of aliphatic hydroxyl groups excluding tert-OH is 1. The number of methoxy groups -OCH3 is 2. The summed E-state index contributed by atoms with van der Waals surface area (Å²) < 4.78 is 169. The number of nitrogens with zero attached hydrogens (tertiary/aromatic N) is 14. The summed E-state index contributed by atoms with van der Waals surface area (Å²) >= 11 is 0. The maximum Gasteiger partial charge on any atom is 0.534 e. The summed E-state index contributed by atoms with van der Waals surface area (Å²) in [6.45, 7) is 14.4. The van der Waals surface area contributed by atoms with Crippen LogP contribution in [0.1, 0.15) is 95.9 Å². The number of aliphatic hydroxyl groups is 1. The van der Waals surface area contributed by atoms with Gasteiger partial charge in [-0.25, -0.2) is 50.9 Å². The average Bonchev–Trinajstić information content (AvgIpc) is 1.79. The Morgan fingerprint density at radius 3 is 0.910 bits per heavy atom. The van der Waals surface area contributed by atoms with Crippen LogP contribution >= 0.6 is 0 Å². The molecule has 5 aromatic carbocycles. The first-order valence-corrected chi connectivity index (χ1v) is 43.3. The van der Waals surface area contributed by atoms with E-state index in [-0.39, 0.29) is 49.4 Å². The predicted octanol–water partition coefficient (Wildman–Crippen LogP) is 19.8. The molecule has 6 aromatic heterocycles. The fraction of sp³-hybridized carbons (Fsp3) is 0.301. The van der Waals surface area contributed by atoms with Crippen LogP contribution in [0.15, 0.2) is 206 Å². The molecule has 5 amide bonds. The number of anilines is 5. The highest BCUT2D eigenvalue weighted by Gasteiger charge is 2.49. The van der Waals surface area contributed by atoms with Crippen LogP contribution in [0.3, 0.4) is 0 Å². The Balaban J connectivity index is 0.000000154. The third-order valence-electron chi connectivity index (χ3n) is 21.2. The molecule has 5 fully saturated rings. The zero-order valence-electron chi connectivity index (χ0n) is 73.2. The van der Waals surface area contributed by atoms with Crippen molar-refractivity contribution in [2.24, 2.45) is 10.8 Å². The van der Waals surface area contributed by atoms with Crippen molar-refractivity contribution in [3.05, 3.63) is 263 Å². The van der Waals surface area contributed by atoms with Crippen LogP contribution in [0.2, 0.25) is 0 Å². The van der Waals surface area contributed by atoms with Gasteiger partial charge < -0.3 is 48.2 Å². The van der Waals surface area contributed by atoms with Gasteiger partial charge in [-0.05, 0) is 200 Å². The molecular formula is C93H93F8N15O16S. The molecule has 0 aliphatic carbocycles. The van der Waals surface area contributed by atoms with Crippen molar-refractivity contribution in [3.8, 4) is 73.7 Å². The Labute approximate surface area is 759 Å². The molecule has 0 unspecified atom stereocenters. The lowest BCUT2D eigenvalue weighted by molar-refractivity contribution is -0.0501. The highest BCUT2D eigenvalue weighted by Crippen LogP contribution is 2.37. The average molecular weight is 1860 g/mol. The number of ether oxygens (including phenoxy) is 7. The Morgan fingerprint density at radius 1 is 0.414 bits per heavy atom. The minimum absolute atomic E-state index is 0.107. The summed E-state index contributed by atoms with van der Waals surface area (Å²) in [7, 11) is -2.80. The molecule has 0 bridgehead atoms. The second-order valence-electron chi connectivity index (χ2n) is 29.9. The fourth-order valence-electron chi connectivity index (χ4n) is 13.4. The summed E-state index contributed by atoms with van der Waals surface area (Å²) in [6.07, 6.45) is 10.6. The highest BCUT2D eigenvalue weighted by atomic mass is 32.2. The Kier molecular flexibility index (Phi) is 34.0. The molecule has 11 heterocycles. The number of aromatic nitrogens is 6. The van der Waals surface area contributed by atoms with Crippen LogP contribution in [0, 0.1) is 29.1 Å². The second-order valence-corrected chi connectivity index (χ2v) is 31.4. The number of aryl methyl sites for hydroxylation is 1. The molecule has 11 aromatic rings.